The van der Waals surface area contributed by atoms with Crippen molar-refractivity contribution in [1.82, 2.24) is 4.90 Å². The van der Waals surface area contributed by atoms with Crippen molar-refractivity contribution >= 4 is 0 Å². The highest BCUT2D eigenvalue weighted by Gasteiger charge is 2.44. The lowest BCUT2D eigenvalue weighted by molar-refractivity contribution is -0.0478. The first-order valence-electron chi connectivity index (χ1n) is 10.4. The number of likely N-dealkylation sites (tertiary alicyclic amines) is 1. The third-order valence-electron chi connectivity index (χ3n) is 6.26. The Balaban J connectivity index is 2.94. The highest BCUT2D eigenvalue weighted by Crippen LogP contribution is 2.47. The van der Waals surface area contributed by atoms with Crippen molar-refractivity contribution in [1.29, 1.82) is 0 Å². The molecular weight excluding hydrogens is 302 g/mol. The van der Waals surface area contributed by atoms with Crippen LogP contribution in [0.2, 0.25) is 0 Å². The van der Waals surface area contributed by atoms with Crippen LogP contribution >= 0.6 is 0 Å². The summed E-state index contributed by atoms with van der Waals surface area (Å²) in [7, 11) is 0. The second kappa shape index (κ2) is 7.37. The van der Waals surface area contributed by atoms with Gasteiger partial charge in [-0.05, 0) is 82.6 Å². The SMILES string of the molecule is C=C(CC1CC(C)(C)N(CC)C(C)(C)C1)C(CC(C)(C)C)C(C)(C)C. The van der Waals surface area contributed by atoms with E-state index in [4.69, 9.17) is 0 Å². The highest BCUT2D eigenvalue weighted by atomic mass is 15.3. The van der Waals surface area contributed by atoms with E-state index in [0.29, 0.717) is 16.7 Å². The largest absolute Gasteiger partial charge is 0.293 e. The molecule has 1 heterocycles. The van der Waals surface area contributed by atoms with Gasteiger partial charge in [-0.3, -0.25) is 4.90 Å². The minimum Gasteiger partial charge on any atom is -0.293 e. The normalized spacial score (nSPS) is 23.5. The van der Waals surface area contributed by atoms with Gasteiger partial charge < -0.3 is 0 Å². The molecule has 1 heteroatoms. The van der Waals surface area contributed by atoms with Crippen LogP contribution in [-0.2, 0) is 0 Å². The van der Waals surface area contributed by atoms with Crippen molar-refractivity contribution in [2.45, 2.75) is 113 Å². The Morgan fingerprint density at radius 3 is 1.76 bits per heavy atom. The first kappa shape index (κ1) is 22.7. The van der Waals surface area contributed by atoms with Crippen molar-refractivity contribution in [2.24, 2.45) is 22.7 Å². The van der Waals surface area contributed by atoms with E-state index in [9.17, 15) is 0 Å². The van der Waals surface area contributed by atoms with Crippen molar-refractivity contribution in [3.63, 3.8) is 0 Å². The van der Waals surface area contributed by atoms with Crippen LogP contribution in [0.3, 0.4) is 0 Å². The van der Waals surface area contributed by atoms with E-state index in [1.807, 2.05) is 0 Å². The Hall–Kier alpha value is -0.300. The quantitative estimate of drug-likeness (QED) is 0.470. The Morgan fingerprint density at radius 2 is 1.44 bits per heavy atom. The van der Waals surface area contributed by atoms with Gasteiger partial charge in [0.05, 0.1) is 0 Å². The first-order chi connectivity index (χ1) is 11.0. The molecule has 1 fully saturated rings. The summed E-state index contributed by atoms with van der Waals surface area (Å²) in [5.41, 5.74) is 2.69. The number of nitrogens with zero attached hydrogens (tertiary/aromatic N) is 1. The first-order valence-corrected chi connectivity index (χ1v) is 10.4. The van der Waals surface area contributed by atoms with E-state index < -0.39 is 0 Å². The van der Waals surface area contributed by atoms with E-state index in [1.54, 1.807) is 0 Å². The molecular formula is C24H47N. The predicted molar refractivity (Wildman–Crippen MR) is 114 cm³/mol. The van der Waals surface area contributed by atoms with Crippen LogP contribution in [0.5, 0.6) is 0 Å². The second-order valence-electron chi connectivity index (χ2n) is 12.2. The maximum Gasteiger partial charge on any atom is 0.0161 e. The lowest BCUT2D eigenvalue weighted by Crippen LogP contribution is -2.60. The molecule has 0 aromatic carbocycles. The van der Waals surface area contributed by atoms with Gasteiger partial charge in [-0.15, -0.1) is 0 Å². The van der Waals surface area contributed by atoms with E-state index in [0.717, 1.165) is 12.5 Å². The lowest BCUT2D eigenvalue weighted by Gasteiger charge is -2.55. The number of hydrogen-bond acceptors (Lipinski definition) is 1. The van der Waals surface area contributed by atoms with E-state index in [-0.39, 0.29) is 11.1 Å². The standard InChI is InChI=1S/C24H47N/c1-13-25-23(9,10)15-19(16-24(25,11)12)14-18(2)20(22(6,7)8)17-21(3,4)5/h19-20H,2,13-17H2,1,3-12H3. The van der Waals surface area contributed by atoms with Crippen LogP contribution in [0.4, 0.5) is 0 Å². The molecule has 148 valence electrons. The molecule has 1 rings (SSSR count). The summed E-state index contributed by atoms with van der Waals surface area (Å²) in [5, 5.41) is 0. The minimum atomic E-state index is 0.280. The van der Waals surface area contributed by atoms with Gasteiger partial charge in [0, 0.05) is 11.1 Å². The van der Waals surface area contributed by atoms with Gasteiger partial charge in [0.1, 0.15) is 0 Å². The molecule has 0 aromatic rings. The van der Waals surface area contributed by atoms with E-state index in [1.165, 1.54) is 31.3 Å². The molecule has 0 aromatic heterocycles. The van der Waals surface area contributed by atoms with Crippen LogP contribution < -0.4 is 0 Å². The van der Waals surface area contributed by atoms with Gasteiger partial charge in [0.25, 0.3) is 0 Å². The predicted octanol–water partition coefficient (Wildman–Crippen LogP) is 7.32. The zero-order valence-corrected chi connectivity index (χ0v) is 19.3. The lowest BCUT2D eigenvalue weighted by atomic mass is 9.65. The van der Waals surface area contributed by atoms with Crippen LogP contribution in [0.25, 0.3) is 0 Å². The fraction of sp³-hybridized carbons (Fsp3) is 0.917. The van der Waals surface area contributed by atoms with E-state index in [2.05, 4.69) is 87.6 Å². The zero-order valence-electron chi connectivity index (χ0n) is 19.3. The van der Waals surface area contributed by atoms with Crippen molar-refractivity contribution in [2.75, 3.05) is 6.54 Å². The van der Waals surface area contributed by atoms with Crippen LogP contribution in [0.15, 0.2) is 12.2 Å². The Bertz CT molecular complexity index is 437. The van der Waals surface area contributed by atoms with Gasteiger partial charge in [0.2, 0.25) is 0 Å². The van der Waals surface area contributed by atoms with Gasteiger partial charge in [0.15, 0.2) is 0 Å². The van der Waals surface area contributed by atoms with Crippen molar-refractivity contribution < 1.29 is 0 Å². The third kappa shape index (κ3) is 6.12. The Morgan fingerprint density at radius 1 is 1.00 bits per heavy atom. The van der Waals surface area contributed by atoms with Gasteiger partial charge in [-0.1, -0.05) is 60.6 Å². The zero-order chi connectivity index (χ0) is 19.8. The molecule has 1 atom stereocenters. The van der Waals surface area contributed by atoms with Crippen molar-refractivity contribution in [3.05, 3.63) is 12.2 Å². The summed E-state index contributed by atoms with van der Waals surface area (Å²) in [6.07, 6.45) is 5.00. The summed E-state index contributed by atoms with van der Waals surface area (Å²) < 4.78 is 0. The maximum absolute atomic E-state index is 4.62. The maximum atomic E-state index is 4.62. The number of piperidine rings is 1. The van der Waals surface area contributed by atoms with Gasteiger partial charge >= 0.3 is 0 Å². The minimum absolute atomic E-state index is 0.280. The molecule has 0 amide bonds. The molecule has 1 saturated heterocycles. The van der Waals surface area contributed by atoms with E-state index >= 15 is 0 Å². The third-order valence-corrected chi connectivity index (χ3v) is 6.26. The molecule has 0 spiro atoms. The topological polar surface area (TPSA) is 3.24 Å². The molecule has 0 radical (unpaired) electrons. The molecule has 0 N–H and O–H groups in total. The summed E-state index contributed by atoms with van der Waals surface area (Å²) in [6, 6.07) is 0. The summed E-state index contributed by atoms with van der Waals surface area (Å²) >= 11 is 0. The summed E-state index contributed by atoms with van der Waals surface area (Å²) in [4.78, 5) is 2.70. The molecule has 0 bridgehead atoms. The Labute approximate surface area is 159 Å². The van der Waals surface area contributed by atoms with Crippen LogP contribution in [-0.4, -0.2) is 22.5 Å². The number of rotatable bonds is 5. The Kier molecular flexibility index (Phi) is 6.71. The molecule has 25 heavy (non-hydrogen) atoms. The summed E-state index contributed by atoms with van der Waals surface area (Å²) in [6.45, 7) is 32.1. The molecule has 1 aliphatic rings. The molecule has 0 saturated carbocycles. The number of hydrogen-bond donors (Lipinski definition) is 0. The highest BCUT2D eigenvalue weighted by molar-refractivity contribution is 5.10. The molecule has 0 aliphatic carbocycles. The molecule has 1 nitrogen and oxygen atoms in total. The smallest absolute Gasteiger partial charge is 0.0161 e. The fourth-order valence-corrected chi connectivity index (χ4v) is 5.71. The fourth-order valence-electron chi connectivity index (χ4n) is 5.71. The van der Waals surface area contributed by atoms with Crippen LogP contribution in [0.1, 0.15) is 102 Å². The van der Waals surface area contributed by atoms with Crippen LogP contribution in [0, 0.1) is 22.7 Å². The monoisotopic (exact) mass is 349 g/mol. The average Bonchev–Trinajstić information content (AvgIpc) is 2.30. The second-order valence-corrected chi connectivity index (χ2v) is 12.2. The number of allylic oxidation sites excluding steroid dienone is 1. The van der Waals surface area contributed by atoms with Gasteiger partial charge in [-0.2, -0.15) is 0 Å². The van der Waals surface area contributed by atoms with Crippen molar-refractivity contribution in [3.8, 4) is 0 Å². The molecule has 1 aliphatic heterocycles. The molecule has 1 unspecified atom stereocenters. The summed E-state index contributed by atoms with van der Waals surface area (Å²) in [5.74, 6) is 1.35. The van der Waals surface area contributed by atoms with Gasteiger partial charge in [-0.25, -0.2) is 0 Å². The average molecular weight is 350 g/mol.